The van der Waals surface area contributed by atoms with E-state index in [1.54, 1.807) is 59.3 Å². The van der Waals surface area contributed by atoms with Crippen molar-refractivity contribution in [2.75, 3.05) is 57.6 Å². The second-order valence-electron chi connectivity index (χ2n) is 14.9. The Morgan fingerprint density at radius 2 is 1.83 bits per heavy atom. The van der Waals surface area contributed by atoms with Gasteiger partial charge in [-0.15, -0.1) is 0 Å². The third-order valence-electron chi connectivity index (χ3n) is 11.4. The molecule has 58 heavy (non-hydrogen) atoms. The van der Waals surface area contributed by atoms with Crippen molar-refractivity contribution in [3.05, 3.63) is 78.9 Å². The van der Waals surface area contributed by atoms with Crippen LogP contribution in [0.2, 0.25) is 0 Å². The Bertz CT molecular complexity index is 2370. The first kappa shape index (κ1) is 39.9. The fraction of sp³-hybridized carbons (Fsp3) is 0.405. The molecule has 4 amide bonds. The number of likely N-dealkylation sites (tertiary alicyclic amines) is 1. The third kappa shape index (κ3) is 8.81. The number of carbonyl (C=O) groups is 4. The topological polar surface area (TPSA) is 175 Å². The average molecular weight is 790 g/mol. The standard InChI is InChI=1S/C27H39N5O3.C15H12N6O2/c1-28-26(34)14-17-31(20-33)24-9-6-10-25-23(24)13-18-32(25)22-11-15-30(16-12-22)19-27(35)29(2)21-7-4-3-5-8-21;1-23-12-6-11-9(7-17-20-11)5-10(12)15(22)19-14-8-16-13-3-2-4-18-21(13)14/h6,9-10,13,18,20-22H,3-5,7-8,11-12,14-17,19H2,1-2H3,(H,28,34);2-8H,1H3,(H,17,20)(H,19,22). The van der Waals surface area contributed by atoms with Gasteiger partial charge in [-0.1, -0.05) is 25.3 Å². The Morgan fingerprint density at radius 1 is 1.02 bits per heavy atom. The van der Waals surface area contributed by atoms with Crippen LogP contribution in [-0.4, -0.2) is 117 Å². The number of rotatable bonds is 12. The van der Waals surface area contributed by atoms with E-state index < -0.39 is 0 Å². The monoisotopic (exact) mass is 789 g/mol. The van der Waals surface area contributed by atoms with E-state index in [1.165, 1.54) is 26.4 Å². The molecule has 1 aliphatic carbocycles. The van der Waals surface area contributed by atoms with Crippen LogP contribution in [0, 0.1) is 0 Å². The zero-order chi connectivity index (χ0) is 40.6. The van der Waals surface area contributed by atoms with Crippen molar-refractivity contribution < 1.29 is 23.9 Å². The van der Waals surface area contributed by atoms with Gasteiger partial charge in [0.2, 0.25) is 18.2 Å². The molecule has 4 aromatic heterocycles. The molecule has 3 N–H and O–H groups in total. The van der Waals surface area contributed by atoms with Crippen LogP contribution in [0.4, 0.5) is 11.5 Å². The summed E-state index contributed by atoms with van der Waals surface area (Å²) in [6, 6.07) is 15.9. The number of benzene rings is 2. The van der Waals surface area contributed by atoms with Crippen molar-refractivity contribution in [3.63, 3.8) is 0 Å². The summed E-state index contributed by atoms with van der Waals surface area (Å²) in [6.07, 6.45) is 16.0. The number of hydrogen-bond acceptors (Lipinski definition) is 9. The lowest BCUT2D eigenvalue weighted by Gasteiger charge is -2.36. The van der Waals surface area contributed by atoms with Crippen molar-refractivity contribution in [1.29, 1.82) is 0 Å². The summed E-state index contributed by atoms with van der Waals surface area (Å²) < 4.78 is 9.17. The molecule has 2 aliphatic rings. The first-order valence-corrected chi connectivity index (χ1v) is 19.9. The number of imidazole rings is 1. The molecule has 0 spiro atoms. The maximum absolute atomic E-state index is 12.9. The molecular weight excluding hydrogens is 739 g/mol. The Morgan fingerprint density at radius 3 is 2.59 bits per heavy atom. The molecule has 304 valence electrons. The highest BCUT2D eigenvalue weighted by Gasteiger charge is 2.27. The van der Waals surface area contributed by atoms with Gasteiger partial charge >= 0.3 is 0 Å². The van der Waals surface area contributed by atoms with Crippen LogP contribution in [0.5, 0.6) is 5.75 Å². The number of H-pyrrole nitrogens is 1. The van der Waals surface area contributed by atoms with Gasteiger partial charge in [0.1, 0.15) is 5.75 Å². The second-order valence-corrected chi connectivity index (χ2v) is 14.9. The number of anilines is 2. The molecule has 2 fully saturated rings. The first-order chi connectivity index (χ1) is 28.3. The maximum atomic E-state index is 12.9. The van der Waals surface area contributed by atoms with Gasteiger partial charge < -0.3 is 29.7 Å². The van der Waals surface area contributed by atoms with Gasteiger partial charge in [0.25, 0.3) is 5.91 Å². The van der Waals surface area contributed by atoms with Crippen LogP contribution in [0.1, 0.15) is 67.8 Å². The molecule has 1 aliphatic heterocycles. The number of hydrogen-bond donors (Lipinski definition) is 3. The summed E-state index contributed by atoms with van der Waals surface area (Å²) in [5.41, 5.74) is 3.79. The van der Waals surface area contributed by atoms with Crippen LogP contribution in [0.3, 0.4) is 0 Å². The van der Waals surface area contributed by atoms with Gasteiger partial charge in [0, 0.05) is 81.5 Å². The Hall–Kier alpha value is -6.29. The Labute approximate surface area is 336 Å². The SMILES string of the molecule is CNC(=O)CCN(C=O)c1cccc2c1ccn2C1CCN(CC(=O)N(C)C2CCCCC2)CC1.COc1cc2[nH]ncc2cc1C(=O)Nc1cnc2cccnn12. The number of piperidine rings is 1. The van der Waals surface area contributed by atoms with Crippen molar-refractivity contribution in [3.8, 4) is 5.75 Å². The number of aromatic nitrogens is 6. The molecule has 0 radical (unpaired) electrons. The molecule has 16 heteroatoms. The van der Waals surface area contributed by atoms with Gasteiger partial charge in [-0.05, 0) is 62.1 Å². The summed E-state index contributed by atoms with van der Waals surface area (Å²) in [7, 11) is 5.10. The van der Waals surface area contributed by atoms with Gasteiger partial charge in [-0.25, -0.2) is 4.98 Å². The first-order valence-electron chi connectivity index (χ1n) is 19.9. The number of methoxy groups -OCH3 is 1. The molecular formula is C42H51N11O5. The van der Waals surface area contributed by atoms with Crippen LogP contribution in [-0.2, 0) is 14.4 Å². The number of aromatic amines is 1. The molecule has 6 aromatic rings. The predicted octanol–water partition coefficient (Wildman–Crippen LogP) is 5.03. The molecule has 2 aromatic carbocycles. The summed E-state index contributed by atoms with van der Waals surface area (Å²) >= 11 is 0. The number of nitrogens with one attached hydrogen (secondary N) is 3. The fourth-order valence-corrected chi connectivity index (χ4v) is 8.06. The quantitative estimate of drug-likeness (QED) is 0.144. The highest BCUT2D eigenvalue weighted by atomic mass is 16.5. The van der Waals surface area contributed by atoms with Crippen LogP contribution in [0.15, 0.2) is 73.3 Å². The molecule has 1 saturated heterocycles. The minimum absolute atomic E-state index is 0.0863. The van der Waals surface area contributed by atoms with Crippen LogP contribution >= 0.6 is 0 Å². The second kappa shape index (κ2) is 18.3. The minimum atomic E-state index is -0.308. The Kier molecular flexibility index (Phi) is 12.6. The predicted molar refractivity (Wildman–Crippen MR) is 222 cm³/mol. The summed E-state index contributed by atoms with van der Waals surface area (Å²) in [5, 5.41) is 18.2. The molecule has 5 heterocycles. The number of ether oxygens (including phenoxy) is 1. The Balaban J connectivity index is 0.000000192. The molecule has 16 nitrogen and oxygen atoms in total. The largest absolute Gasteiger partial charge is 0.496 e. The summed E-state index contributed by atoms with van der Waals surface area (Å²) in [6.45, 7) is 2.66. The van der Waals surface area contributed by atoms with E-state index in [-0.39, 0.29) is 24.1 Å². The minimum Gasteiger partial charge on any atom is -0.496 e. The highest BCUT2D eigenvalue weighted by molar-refractivity contribution is 6.08. The molecule has 0 atom stereocenters. The van der Waals surface area contributed by atoms with E-state index in [1.807, 2.05) is 24.1 Å². The summed E-state index contributed by atoms with van der Waals surface area (Å²) in [5.74, 6) is 0.798. The van der Waals surface area contributed by atoms with E-state index in [9.17, 15) is 19.2 Å². The molecule has 8 rings (SSSR count). The van der Waals surface area contributed by atoms with Crippen LogP contribution < -0.4 is 20.3 Å². The number of fused-ring (bicyclic) bond motifs is 3. The highest BCUT2D eigenvalue weighted by Crippen LogP contribution is 2.33. The molecule has 0 bridgehead atoms. The number of likely N-dealkylation sites (N-methyl/N-ethyl adjacent to an activating group) is 1. The average Bonchev–Trinajstić information content (AvgIpc) is 4.03. The van der Waals surface area contributed by atoms with Crippen molar-refractivity contribution in [2.45, 2.75) is 63.5 Å². The molecule has 0 unspecified atom stereocenters. The van der Waals surface area contributed by atoms with Crippen molar-refractivity contribution >= 4 is 63.1 Å². The van der Waals surface area contributed by atoms with Gasteiger partial charge in [-0.3, -0.25) is 29.2 Å². The zero-order valence-corrected chi connectivity index (χ0v) is 33.3. The van der Waals surface area contributed by atoms with Crippen molar-refractivity contribution in [1.82, 2.24) is 44.5 Å². The van der Waals surface area contributed by atoms with Crippen molar-refractivity contribution in [2.24, 2.45) is 0 Å². The van der Waals surface area contributed by atoms with Gasteiger partial charge in [-0.2, -0.15) is 14.7 Å². The smallest absolute Gasteiger partial charge is 0.260 e. The lowest BCUT2D eigenvalue weighted by Crippen LogP contribution is -2.46. The number of amides is 4. The van der Waals surface area contributed by atoms with Gasteiger partial charge in [0.15, 0.2) is 11.5 Å². The van der Waals surface area contributed by atoms with Gasteiger partial charge in [0.05, 0.1) is 48.3 Å². The van der Waals surface area contributed by atoms with E-state index in [0.29, 0.717) is 48.0 Å². The number of nitrogens with zero attached hydrogens (tertiary/aromatic N) is 8. The van der Waals surface area contributed by atoms with E-state index >= 15 is 0 Å². The van der Waals surface area contributed by atoms with E-state index in [0.717, 1.165) is 72.7 Å². The van der Waals surface area contributed by atoms with Crippen LogP contribution in [0.25, 0.3) is 27.5 Å². The maximum Gasteiger partial charge on any atom is 0.260 e. The fourth-order valence-electron chi connectivity index (χ4n) is 8.06. The normalized spacial score (nSPS) is 15.2. The molecule has 1 saturated carbocycles. The lowest BCUT2D eigenvalue weighted by atomic mass is 9.94. The van der Waals surface area contributed by atoms with E-state index in [4.69, 9.17) is 4.74 Å². The van der Waals surface area contributed by atoms with E-state index in [2.05, 4.69) is 58.7 Å². The lowest BCUT2D eigenvalue weighted by molar-refractivity contribution is -0.134. The zero-order valence-electron chi connectivity index (χ0n) is 33.3. The number of carbonyl (C=O) groups excluding carboxylic acids is 4. The third-order valence-corrected chi connectivity index (χ3v) is 11.4. The summed E-state index contributed by atoms with van der Waals surface area (Å²) in [4.78, 5) is 59.0.